The summed E-state index contributed by atoms with van der Waals surface area (Å²) in [7, 11) is 0. The molecule has 2 nitrogen and oxygen atoms in total. The minimum atomic E-state index is -4.74. The van der Waals surface area contributed by atoms with Crippen molar-refractivity contribution in [3.63, 3.8) is 0 Å². The molecule has 184 valence electrons. The Morgan fingerprint density at radius 3 is 2.26 bits per heavy atom. The summed E-state index contributed by atoms with van der Waals surface area (Å²) in [6, 6.07) is 8.65. The number of hydrogen-bond acceptors (Lipinski definition) is 2. The van der Waals surface area contributed by atoms with E-state index < -0.39 is 39.6 Å². The third-order valence-electron chi connectivity index (χ3n) is 5.15. The Morgan fingerprint density at radius 1 is 1.00 bits per heavy atom. The van der Waals surface area contributed by atoms with Crippen LogP contribution in [-0.2, 0) is 6.42 Å². The fourth-order valence-electron chi connectivity index (χ4n) is 3.37. The van der Waals surface area contributed by atoms with Gasteiger partial charge in [0, 0.05) is 12.6 Å². The molecule has 0 aliphatic rings. The summed E-state index contributed by atoms with van der Waals surface area (Å²) in [5.41, 5.74) is 0.472. The number of nitrogens with zero attached hydrogens (tertiary/aromatic N) is 1. The Balaban J connectivity index is 1.72. The molecule has 2 aromatic carbocycles. The SMILES string of the molecule is O=C(CCCc1ccc(Cl)nc1)c1ccc(/C=C/C(c2cc(Cl)c(F)c(Cl)c2)C(F)(F)F)cc1F. The van der Waals surface area contributed by atoms with Gasteiger partial charge in [0.25, 0.3) is 0 Å². The van der Waals surface area contributed by atoms with E-state index in [2.05, 4.69) is 4.98 Å². The van der Waals surface area contributed by atoms with E-state index in [1.807, 2.05) is 0 Å². The number of halogens is 8. The van der Waals surface area contributed by atoms with Crippen molar-refractivity contribution in [2.45, 2.75) is 31.4 Å². The van der Waals surface area contributed by atoms with Crippen LogP contribution in [0.15, 0.2) is 54.7 Å². The molecule has 0 aliphatic carbocycles. The molecule has 0 N–H and O–H groups in total. The van der Waals surface area contributed by atoms with E-state index in [1.165, 1.54) is 12.1 Å². The zero-order valence-corrected chi connectivity index (χ0v) is 20.1. The van der Waals surface area contributed by atoms with Crippen LogP contribution in [0, 0.1) is 11.6 Å². The molecule has 0 fully saturated rings. The lowest BCUT2D eigenvalue weighted by molar-refractivity contribution is -0.139. The number of benzene rings is 2. The van der Waals surface area contributed by atoms with Crippen LogP contribution in [0.1, 0.15) is 45.8 Å². The second-order valence-electron chi connectivity index (χ2n) is 7.68. The molecule has 1 aromatic heterocycles. The minimum absolute atomic E-state index is 0.0803. The van der Waals surface area contributed by atoms with Crippen molar-refractivity contribution in [3.05, 3.63) is 104 Å². The summed E-state index contributed by atoms with van der Waals surface area (Å²) in [5.74, 6) is -4.45. The number of ketones is 1. The second kappa shape index (κ2) is 11.5. The first-order valence-electron chi connectivity index (χ1n) is 10.3. The number of carbonyl (C=O) groups is 1. The van der Waals surface area contributed by atoms with Crippen LogP contribution in [0.2, 0.25) is 15.2 Å². The summed E-state index contributed by atoms with van der Waals surface area (Å²) < 4.78 is 69.0. The van der Waals surface area contributed by atoms with E-state index in [0.717, 1.165) is 35.9 Å². The summed E-state index contributed by atoms with van der Waals surface area (Å²) in [4.78, 5) is 16.3. The highest BCUT2D eigenvalue weighted by molar-refractivity contribution is 6.35. The summed E-state index contributed by atoms with van der Waals surface area (Å²) in [6.45, 7) is 0. The van der Waals surface area contributed by atoms with Crippen LogP contribution in [0.25, 0.3) is 6.08 Å². The zero-order chi connectivity index (χ0) is 25.8. The van der Waals surface area contributed by atoms with Crippen molar-refractivity contribution in [1.82, 2.24) is 4.98 Å². The smallest absolute Gasteiger partial charge is 0.294 e. The van der Waals surface area contributed by atoms with Crippen LogP contribution in [0.4, 0.5) is 22.0 Å². The number of Topliss-reactive ketones (excluding diaryl/α,β-unsaturated/α-hetero) is 1. The van der Waals surface area contributed by atoms with Gasteiger partial charge in [-0.2, -0.15) is 13.2 Å². The molecule has 1 atom stereocenters. The number of alkyl halides is 3. The number of aromatic nitrogens is 1. The maximum Gasteiger partial charge on any atom is 0.399 e. The fraction of sp³-hybridized carbons (Fsp3) is 0.200. The molecule has 0 aliphatic heterocycles. The number of rotatable bonds is 8. The van der Waals surface area contributed by atoms with Gasteiger partial charge in [-0.25, -0.2) is 13.8 Å². The molecule has 1 heterocycles. The second-order valence-corrected chi connectivity index (χ2v) is 8.88. The van der Waals surface area contributed by atoms with Crippen LogP contribution < -0.4 is 0 Å². The topological polar surface area (TPSA) is 30.0 Å². The maximum atomic E-state index is 14.5. The van der Waals surface area contributed by atoms with Crippen LogP contribution in [0.3, 0.4) is 0 Å². The van der Waals surface area contributed by atoms with E-state index in [-0.39, 0.29) is 23.1 Å². The predicted octanol–water partition coefficient (Wildman–Crippen LogP) is 8.88. The molecular weight excluding hydrogens is 532 g/mol. The Labute approximate surface area is 213 Å². The molecule has 1 unspecified atom stereocenters. The average molecular weight is 549 g/mol. The summed E-state index contributed by atoms with van der Waals surface area (Å²) in [5, 5.41) is -0.736. The summed E-state index contributed by atoms with van der Waals surface area (Å²) >= 11 is 17.0. The van der Waals surface area contributed by atoms with Gasteiger partial charge in [-0.3, -0.25) is 4.79 Å². The van der Waals surface area contributed by atoms with Crippen LogP contribution in [-0.4, -0.2) is 16.9 Å². The molecule has 0 saturated carbocycles. The Morgan fingerprint density at radius 2 is 1.69 bits per heavy atom. The van der Waals surface area contributed by atoms with Gasteiger partial charge >= 0.3 is 6.18 Å². The van der Waals surface area contributed by atoms with Gasteiger partial charge in [-0.15, -0.1) is 0 Å². The molecule has 0 bridgehead atoms. The molecule has 35 heavy (non-hydrogen) atoms. The number of carbonyl (C=O) groups excluding carboxylic acids is 1. The molecule has 0 saturated heterocycles. The van der Waals surface area contributed by atoms with Crippen LogP contribution >= 0.6 is 34.8 Å². The summed E-state index contributed by atoms with van der Waals surface area (Å²) in [6.07, 6.45) is -0.207. The average Bonchev–Trinajstić information content (AvgIpc) is 2.78. The van der Waals surface area contributed by atoms with E-state index in [0.29, 0.717) is 18.0 Å². The number of hydrogen-bond donors (Lipinski definition) is 0. The zero-order valence-electron chi connectivity index (χ0n) is 17.9. The largest absolute Gasteiger partial charge is 0.399 e. The van der Waals surface area contributed by atoms with Gasteiger partial charge in [-0.1, -0.05) is 59.1 Å². The molecule has 0 spiro atoms. The van der Waals surface area contributed by atoms with Gasteiger partial charge in [0.1, 0.15) is 11.0 Å². The molecule has 3 rings (SSSR count). The molecular formula is C25H17Cl3F5NO. The van der Waals surface area contributed by atoms with E-state index >= 15 is 0 Å². The van der Waals surface area contributed by atoms with E-state index in [4.69, 9.17) is 34.8 Å². The van der Waals surface area contributed by atoms with Crippen molar-refractivity contribution >= 4 is 46.7 Å². The Kier molecular flexibility index (Phi) is 8.91. The first kappa shape index (κ1) is 27.1. The lowest BCUT2D eigenvalue weighted by Gasteiger charge is -2.18. The van der Waals surface area contributed by atoms with Crippen molar-refractivity contribution in [1.29, 1.82) is 0 Å². The quantitative estimate of drug-likeness (QED) is 0.122. The minimum Gasteiger partial charge on any atom is -0.294 e. The van der Waals surface area contributed by atoms with E-state index in [1.54, 1.807) is 18.3 Å². The lowest BCUT2D eigenvalue weighted by Crippen LogP contribution is -2.19. The van der Waals surface area contributed by atoms with Crippen molar-refractivity contribution in [2.24, 2.45) is 0 Å². The molecule has 0 amide bonds. The first-order chi connectivity index (χ1) is 16.5. The molecule has 10 heteroatoms. The van der Waals surface area contributed by atoms with Gasteiger partial charge < -0.3 is 0 Å². The Bertz CT molecular complexity index is 1220. The van der Waals surface area contributed by atoms with Crippen molar-refractivity contribution < 1.29 is 26.7 Å². The highest BCUT2D eigenvalue weighted by Crippen LogP contribution is 2.39. The van der Waals surface area contributed by atoms with Gasteiger partial charge in [-0.05, 0) is 59.9 Å². The van der Waals surface area contributed by atoms with Crippen molar-refractivity contribution in [3.8, 4) is 0 Å². The molecule has 0 radical (unpaired) electrons. The highest BCUT2D eigenvalue weighted by Gasteiger charge is 2.39. The standard InChI is InChI=1S/C25H17Cl3F5NO/c26-19-11-16(12-20(27)24(19)30)18(25(31,32)33)8-5-14-4-7-17(21(29)10-14)22(35)3-1-2-15-6-9-23(28)34-13-15/h4-13,18H,1-3H2/b8-5+. The normalized spacial score (nSPS) is 12.8. The van der Waals surface area contributed by atoms with Gasteiger partial charge in [0.2, 0.25) is 0 Å². The monoisotopic (exact) mass is 547 g/mol. The third-order valence-corrected chi connectivity index (χ3v) is 5.92. The van der Waals surface area contributed by atoms with E-state index in [9.17, 15) is 26.7 Å². The fourth-order valence-corrected chi connectivity index (χ4v) is 3.99. The van der Waals surface area contributed by atoms with Crippen LogP contribution in [0.5, 0.6) is 0 Å². The number of pyridine rings is 1. The van der Waals surface area contributed by atoms with Gasteiger partial charge in [0.05, 0.1) is 21.5 Å². The Hall–Kier alpha value is -2.48. The number of allylic oxidation sites excluding steroid dienone is 1. The first-order valence-corrected chi connectivity index (χ1v) is 11.4. The number of aryl methyl sites for hydroxylation is 1. The highest BCUT2D eigenvalue weighted by atomic mass is 35.5. The maximum absolute atomic E-state index is 14.5. The predicted molar refractivity (Wildman–Crippen MR) is 127 cm³/mol. The molecule has 3 aromatic rings. The van der Waals surface area contributed by atoms with Gasteiger partial charge in [0.15, 0.2) is 11.6 Å². The third kappa shape index (κ3) is 7.26. The lowest BCUT2D eigenvalue weighted by atomic mass is 9.96. The van der Waals surface area contributed by atoms with Crippen molar-refractivity contribution in [2.75, 3.05) is 0 Å².